The molecular formula is C22H25N3O7S. The van der Waals surface area contributed by atoms with Crippen molar-refractivity contribution >= 4 is 38.7 Å². The molecule has 10 nitrogen and oxygen atoms in total. The van der Waals surface area contributed by atoms with Crippen molar-refractivity contribution in [3.05, 3.63) is 35.0 Å². The van der Waals surface area contributed by atoms with E-state index in [1.54, 1.807) is 20.8 Å². The minimum absolute atomic E-state index is 0.00294. The third kappa shape index (κ3) is 3.69. The molecule has 176 valence electrons. The lowest BCUT2D eigenvalue weighted by molar-refractivity contribution is -0.146. The Morgan fingerprint density at radius 1 is 1.12 bits per heavy atom. The Hall–Kier alpha value is -2.89. The Morgan fingerprint density at radius 3 is 2.36 bits per heavy atom. The Kier molecular flexibility index (Phi) is 5.97. The minimum atomic E-state index is -3.83. The predicted molar refractivity (Wildman–Crippen MR) is 117 cm³/mol. The van der Waals surface area contributed by atoms with Gasteiger partial charge in [-0.05, 0) is 31.0 Å². The third-order valence-electron chi connectivity index (χ3n) is 5.96. The van der Waals surface area contributed by atoms with Crippen molar-refractivity contribution in [3.8, 4) is 0 Å². The summed E-state index contributed by atoms with van der Waals surface area (Å²) in [4.78, 5) is 44.5. The molecule has 0 spiro atoms. The number of sulfonamides is 1. The second kappa shape index (κ2) is 8.47. The molecule has 2 amide bonds. The van der Waals surface area contributed by atoms with Gasteiger partial charge in [-0.1, -0.05) is 13.8 Å². The number of ether oxygens (including phenoxy) is 2. The number of methoxy groups -OCH3 is 1. The summed E-state index contributed by atoms with van der Waals surface area (Å²) in [6.07, 6.45) is 0. The first-order valence-corrected chi connectivity index (χ1v) is 12.0. The molecule has 1 atom stereocenters. The average molecular weight is 476 g/mol. The van der Waals surface area contributed by atoms with Gasteiger partial charge >= 0.3 is 5.97 Å². The molecule has 1 fully saturated rings. The molecule has 0 radical (unpaired) electrons. The van der Waals surface area contributed by atoms with Crippen molar-refractivity contribution in [2.24, 2.45) is 5.92 Å². The van der Waals surface area contributed by atoms with Crippen molar-refractivity contribution in [1.29, 1.82) is 0 Å². The molecule has 1 aromatic heterocycles. The molecule has 2 aromatic rings. The average Bonchev–Trinajstić information content (AvgIpc) is 3.05. The Labute approximate surface area is 191 Å². The molecule has 0 bridgehead atoms. The van der Waals surface area contributed by atoms with Crippen LogP contribution in [-0.4, -0.2) is 79.8 Å². The first-order valence-electron chi connectivity index (χ1n) is 10.6. The number of esters is 1. The van der Waals surface area contributed by atoms with Crippen molar-refractivity contribution in [3.63, 3.8) is 0 Å². The zero-order chi connectivity index (χ0) is 24.1. The highest BCUT2D eigenvalue weighted by molar-refractivity contribution is 7.89. The number of imide groups is 1. The van der Waals surface area contributed by atoms with Gasteiger partial charge in [0.2, 0.25) is 10.0 Å². The number of amides is 2. The van der Waals surface area contributed by atoms with Crippen LogP contribution in [0, 0.1) is 12.8 Å². The van der Waals surface area contributed by atoms with E-state index in [0.717, 1.165) is 4.90 Å². The van der Waals surface area contributed by atoms with E-state index < -0.39 is 39.8 Å². The normalized spacial score (nSPS) is 18.2. The van der Waals surface area contributed by atoms with Gasteiger partial charge in [0.15, 0.2) is 0 Å². The summed E-state index contributed by atoms with van der Waals surface area (Å²) in [5, 5.41) is 0.248. The van der Waals surface area contributed by atoms with E-state index in [2.05, 4.69) is 4.98 Å². The van der Waals surface area contributed by atoms with Gasteiger partial charge < -0.3 is 9.47 Å². The number of pyridine rings is 1. The van der Waals surface area contributed by atoms with Crippen molar-refractivity contribution in [1.82, 2.24) is 14.2 Å². The molecule has 0 N–H and O–H groups in total. The van der Waals surface area contributed by atoms with Gasteiger partial charge in [0.25, 0.3) is 11.8 Å². The van der Waals surface area contributed by atoms with Crippen LogP contribution in [0.25, 0.3) is 10.9 Å². The molecule has 11 heteroatoms. The Bertz CT molecular complexity index is 1270. The second-order valence-electron chi connectivity index (χ2n) is 8.33. The Morgan fingerprint density at radius 2 is 1.76 bits per heavy atom. The lowest BCUT2D eigenvalue weighted by Crippen LogP contribution is -2.48. The fraction of sp³-hybridized carbons (Fsp3) is 0.455. The number of benzene rings is 1. The van der Waals surface area contributed by atoms with Gasteiger partial charge in [0.05, 0.1) is 47.6 Å². The summed E-state index contributed by atoms with van der Waals surface area (Å²) in [5.41, 5.74) is 0.836. The highest BCUT2D eigenvalue weighted by Gasteiger charge is 2.46. The summed E-state index contributed by atoms with van der Waals surface area (Å²) < 4.78 is 37.7. The zero-order valence-corrected chi connectivity index (χ0v) is 19.6. The summed E-state index contributed by atoms with van der Waals surface area (Å²) in [5.74, 6) is -2.41. The number of nitrogens with zero attached hydrogens (tertiary/aromatic N) is 3. The van der Waals surface area contributed by atoms with E-state index >= 15 is 0 Å². The lowest BCUT2D eigenvalue weighted by Gasteiger charge is -2.27. The van der Waals surface area contributed by atoms with Gasteiger partial charge in [-0.25, -0.2) is 13.2 Å². The van der Waals surface area contributed by atoms with Crippen molar-refractivity contribution < 1.29 is 32.3 Å². The molecule has 0 unspecified atom stereocenters. The number of rotatable bonds is 5. The SMILES string of the molecule is COC(=O)[C@H](C(C)C)N1C(=O)c2c(C)nc3ccc(S(=O)(=O)N4CCOCC4)cc3c2C1=O. The number of carbonyl (C=O) groups excluding carboxylic acids is 3. The van der Waals surface area contributed by atoms with Gasteiger partial charge in [0, 0.05) is 18.5 Å². The number of hydrogen-bond donors (Lipinski definition) is 0. The summed E-state index contributed by atoms with van der Waals surface area (Å²) in [7, 11) is -2.64. The summed E-state index contributed by atoms with van der Waals surface area (Å²) >= 11 is 0. The first-order chi connectivity index (χ1) is 15.6. The van der Waals surface area contributed by atoms with Gasteiger partial charge in [-0.15, -0.1) is 0 Å². The maximum absolute atomic E-state index is 13.5. The topological polar surface area (TPSA) is 123 Å². The lowest BCUT2D eigenvalue weighted by atomic mass is 10.0. The largest absolute Gasteiger partial charge is 0.467 e. The molecule has 4 rings (SSSR count). The van der Waals surface area contributed by atoms with E-state index in [-0.39, 0.29) is 34.5 Å². The predicted octanol–water partition coefficient (Wildman–Crippen LogP) is 1.36. The monoisotopic (exact) mass is 475 g/mol. The number of morpholine rings is 1. The van der Waals surface area contributed by atoms with E-state index in [4.69, 9.17) is 9.47 Å². The van der Waals surface area contributed by atoms with E-state index in [1.807, 2.05) is 0 Å². The highest BCUT2D eigenvalue weighted by atomic mass is 32.2. The third-order valence-corrected chi connectivity index (χ3v) is 7.86. The fourth-order valence-corrected chi connectivity index (χ4v) is 5.76. The zero-order valence-electron chi connectivity index (χ0n) is 18.8. The summed E-state index contributed by atoms with van der Waals surface area (Å²) in [6.45, 7) is 6.08. The first kappa shape index (κ1) is 23.3. The van der Waals surface area contributed by atoms with Crippen LogP contribution < -0.4 is 0 Å². The molecule has 1 aromatic carbocycles. The number of carbonyl (C=O) groups is 3. The van der Waals surface area contributed by atoms with Crippen LogP contribution in [0.4, 0.5) is 0 Å². The second-order valence-corrected chi connectivity index (χ2v) is 10.3. The molecule has 2 aliphatic heterocycles. The van der Waals surface area contributed by atoms with Crippen LogP contribution in [0.15, 0.2) is 23.1 Å². The van der Waals surface area contributed by atoms with Crippen LogP contribution in [0.5, 0.6) is 0 Å². The minimum Gasteiger partial charge on any atom is -0.467 e. The maximum atomic E-state index is 13.5. The van der Waals surface area contributed by atoms with Crippen LogP contribution in [-0.2, 0) is 24.3 Å². The van der Waals surface area contributed by atoms with Gasteiger partial charge in [0.1, 0.15) is 6.04 Å². The molecule has 0 saturated carbocycles. The van der Waals surface area contributed by atoms with Crippen LogP contribution >= 0.6 is 0 Å². The number of fused-ring (bicyclic) bond motifs is 3. The standard InChI is InChI=1S/C22H25N3O7S/c1-12(2)19(22(28)31-4)25-20(26)17-13(3)23-16-6-5-14(11-15(16)18(17)21(25)27)33(29,30)24-7-9-32-10-8-24/h5-6,11-12,19H,7-10H2,1-4H3/t19-/m0/s1. The van der Waals surface area contributed by atoms with Gasteiger partial charge in [-0.3, -0.25) is 19.5 Å². The number of hydrogen-bond acceptors (Lipinski definition) is 8. The van der Waals surface area contributed by atoms with E-state index in [1.165, 1.54) is 29.6 Å². The number of aryl methyl sites for hydroxylation is 1. The molecular weight excluding hydrogens is 450 g/mol. The highest BCUT2D eigenvalue weighted by Crippen LogP contribution is 2.35. The van der Waals surface area contributed by atoms with Crippen LogP contribution in [0.1, 0.15) is 40.3 Å². The molecule has 2 aliphatic rings. The molecule has 3 heterocycles. The Balaban J connectivity index is 1.88. The van der Waals surface area contributed by atoms with E-state index in [9.17, 15) is 22.8 Å². The van der Waals surface area contributed by atoms with E-state index in [0.29, 0.717) is 24.4 Å². The fourth-order valence-electron chi connectivity index (χ4n) is 4.33. The number of aromatic nitrogens is 1. The van der Waals surface area contributed by atoms with Crippen molar-refractivity contribution in [2.45, 2.75) is 31.7 Å². The van der Waals surface area contributed by atoms with Crippen LogP contribution in [0.2, 0.25) is 0 Å². The smallest absolute Gasteiger partial charge is 0.329 e. The van der Waals surface area contributed by atoms with Crippen LogP contribution in [0.3, 0.4) is 0 Å². The molecule has 1 saturated heterocycles. The van der Waals surface area contributed by atoms with Gasteiger partial charge in [-0.2, -0.15) is 4.31 Å². The molecule has 33 heavy (non-hydrogen) atoms. The maximum Gasteiger partial charge on any atom is 0.329 e. The van der Waals surface area contributed by atoms with Crippen molar-refractivity contribution in [2.75, 3.05) is 33.4 Å². The summed E-state index contributed by atoms with van der Waals surface area (Å²) in [6, 6.07) is 3.23. The molecule has 0 aliphatic carbocycles. The quantitative estimate of drug-likeness (QED) is 0.469.